The molecule has 2 N–H and O–H groups in total. The Morgan fingerprint density at radius 1 is 1.09 bits per heavy atom. The van der Waals surface area contributed by atoms with Crippen LogP contribution >= 0.6 is 11.6 Å². The summed E-state index contributed by atoms with van der Waals surface area (Å²) in [6, 6.07) is 17.1. The summed E-state index contributed by atoms with van der Waals surface area (Å²) in [7, 11) is 0. The highest BCUT2D eigenvalue weighted by Crippen LogP contribution is 2.16. The Morgan fingerprint density at radius 3 is 2.43 bits per heavy atom. The molecular formula is C17H11ClN4O. The van der Waals surface area contributed by atoms with E-state index in [0.29, 0.717) is 22.0 Å². The van der Waals surface area contributed by atoms with Crippen LogP contribution in [-0.2, 0) is 4.79 Å². The van der Waals surface area contributed by atoms with Gasteiger partial charge in [0.2, 0.25) is 0 Å². The number of halogens is 1. The van der Waals surface area contributed by atoms with Crippen LogP contribution in [0.1, 0.15) is 5.56 Å². The van der Waals surface area contributed by atoms with E-state index in [4.69, 9.17) is 22.1 Å². The highest BCUT2D eigenvalue weighted by molar-refractivity contribution is 6.31. The zero-order valence-corrected chi connectivity index (χ0v) is 12.6. The summed E-state index contributed by atoms with van der Waals surface area (Å²) in [6.07, 6.45) is 1.31. The molecule has 6 heteroatoms. The number of anilines is 2. The van der Waals surface area contributed by atoms with Crippen molar-refractivity contribution in [3.05, 3.63) is 70.9 Å². The van der Waals surface area contributed by atoms with Gasteiger partial charge in [-0.05, 0) is 42.5 Å². The molecule has 0 saturated heterocycles. The van der Waals surface area contributed by atoms with Crippen LogP contribution in [-0.4, -0.2) is 5.91 Å². The van der Waals surface area contributed by atoms with Crippen LogP contribution in [0, 0.1) is 22.7 Å². The van der Waals surface area contributed by atoms with E-state index >= 15 is 0 Å². The smallest absolute Gasteiger partial charge is 0.267 e. The number of carbonyl (C=O) groups excluding carboxylic acids is 1. The van der Waals surface area contributed by atoms with Crippen LogP contribution < -0.4 is 10.6 Å². The fourth-order valence-corrected chi connectivity index (χ4v) is 1.90. The fraction of sp³-hybridized carbons (Fsp3) is 0. The fourth-order valence-electron chi connectivity index (χ4n) is 1.71. The molecule has 0 heterocycles. The highest BCUT2D eigenvalue weighted by Gasteiger charge is 2.09. The second kappa shape index (κ2) is 7.65. The average Bonchev–Trinajstić information content (AvgIpc) is 2.56. The Balaban J connectivity index is 2.07. The van der Waals surface area contributed by atoms with Gasteiger partial charge >= 0.3 is 0 Å². The van der Waals surface area contributed by atoms with Gasteiger partial charge in [0.15, 0.2) is 0 Å². The second-order valence-electron chi connectivity index (χ2n) is 4.47. The number of hydrogen-bond donors (Lipinski definition) is 2. The Bertz CT molecular complexity index is 829. The molecule has 0 fully saturated rings. The van der Waals surface area contributed by atoms with Crippen molar-refractivity contribution in [1.29, 1.82) is 10.5 Å². The first-order valence-corrected chi connectivity index (χ1v) is 6.94. The average molecular weight is 323 g/mol. The van der Waals surface area contributed by atoms with Crippen LogP contribution in [0.4, 0.5) is 11.4 Å². The van der Waals surface area contributed by atoms with Crippen molar-refractivity contribution < 1.29 is 4.79 Å². The lowest BCUT2D eigenvalue weighted by molar-refractivity contribution is -0.112. The summed E-state index contributed by atoms with van der Waals surface area (Å²) in [5.41, 5.74) is 1.60. The van der Waals surface area contributed by atoms with Crippen LogP contribution in [0.2, 0.25) is 5.02 Å². The molecule has 0 unspecified atom stereocenters. The number of carbonyl (C=O) groups is 1. The van der Waals surface area contributed by atoms with E-state index in [1.807, 2.05) is 12.1 Å². The number of benzene rings is 2. The normalized spacial score (nSPS) is 10.3. The first-order valence-electron chi connectivity index (χ1n) is 6.56. The number of nitrogens with zero attached hydrogens (tertiary/aromatic N) is 2. The number of amides is 1. The van der Waals surface area contributed by atoms with E-state index in [2.05, 4.69) is 10.6 Å². The number of rotatable bonds is 4. The van der Waals surface area contributed by atoms with Gasteiger partial charge in [0.1, 0.15) is 11.6 Å². The zero-order valence-electron chi connectivity index (χ0n) is 11.9. The third-order valence-corrected chi connectivity index (χ3v) is 3.08. The summed E-state index contributed by atoms with van der Waals surface area (Å²) in [5.74, 6) is -0.545. The lowest BCUT2D eigenvalue weighted by Crippen LogP contribution is -2.14. The maximum absolute atomic E-state index is 12.0. The quantitative estimate of drug-likeness (QED) is 0.664. The summed E-state index contributed by atoms with van der Waals surface area (Å²) in [6.45, 7) is 0. The van der Waals surface area contributed by atoms with Crippen LogP contribution in [0.3, 0.4) is 0 Å². The van der Waals surface area contributed by atoms with Crippen molar-refractivity contribution >= 4 is 28.9 Å². The Morgan fingerprint density at radius 2 is 1.83 bits per heavy atom. The molecule has 2 aromatic rings. The van der Waals surface area contributed by atoms with Gasteiger partial charge in [-0.3, -0.25) is 4.79 Å². The van der Waals surface area contributed by atoms with Crippen molar-refractivity contribution in [2.45, 2.75) is 0 Å². The molecule has 0 saturated carbocycles. The van der Waals surface area contributed by atoms with E-state index in [0.717, 1.165) is 0 Å². The maximum Gasteiger partial charge on any atom is 0.267 e. The molecule has 0 bridgehead atoms. The maximum atomic E-state index is 12.0. The van der Waals surface area contributed by atoms with Gasteiger partial charge in [0.25, 0.3) is 5.91 Å². The minimum atomic E-state index is -0.545. The minimum Gasteiger partial charge on any atom is -0.360 e. The molecule has 2 rings (SSSR count). The highest BCUT2D eigenvalue weighted by atomic mass is 35.5. The molecule has 5 nitrogen and oxygen atoms in total. The number of nitrogens with one attached hydrogen (secondary N) is 2. The predicted octanol–water partition coefficient (Wildman–Crippen LogP) is 3.67. The summed E-state index contributed by atoms with van der Waals surface area (Å²) in [5, 5.41) is 23.8. The molecule has 2 aromatic carbocycles. The largest absolute Gasteiger partial charge is 0.360 e. The SMILES string of the molecule is N#CC(=CNc1ccc(C#N)cc1)C(=O)Nc1cccc(Cl)c1. The number of nitriles is 2. The third kappa shape index (κ3) is 4.60. The lowest BCUT2D eigenvalue weighted by atomic mass is 10.2. The molecule has 0 radical (unpaired) electrons. The summed E-state index contributed by atoms with van der Waals surface area (Å²) >= 11 is 5.84. The van der Waals surface area contributed by atoms with Crippen LogP contribution in [0.15, 0.2) is 60.3 Å². The molecule has 1 amide bonds. The molecule has 0 aliphatic heterocycles. The van der Waals surface area contributed by atoms with E-state index in [1.54, 1.807) is 48.5 Å². The Hall–Kier alpha value is -3.28. The van der Waals surface area contributed by atoms with Gasteiger partial charge in [-0.2, -0.15) is 10.5 Å². The molecule has 0 atom stereocenters. The summed E-state index contributed by atoms with van der Waals surface area (Å²) < 4.78 is 0. The molecule has 0 spiro atoms. The van der Waals surface area contributed by atoms with E-state index in [1.165, 1.54) is 6.20 Å². The second-order valence-corrected chi connectivity index (χ2v) is 4.90. The van der Waals surface area contributed by atoms with Crippen molar-refractivity contribution in [2.75, 3.05) is 10.6 Å². The standard InChI is InChI=1S/C17H11ClN4O/c18-14-2-1-3-16(8-14)22-17(23)13(10-20)11-21-15-6-4-12(9-19)5-7-15/h1-8,11,21H,(H,22,23). The first-order chi connectivity index (χ1) is 11.1. The molecule has 112 valence electrons. The van der Waals surface area contributed by atoms with Crippen LogP contribution in [0.25, 0.3) is 0 Å². The Kier molecular flexibility index (Phi) is 5.35. The number of hydrogen-bond acceptors (Lipinski definition) is 4. The molecular weight excluding hydrogens is 312 g/mol. The van der Waals surface area contributed by atoms with E-state index in [-0.39, 0.29) is 5.57 Å². The molecule has 23 heavy (non-hydrogen) atoms. The van der Waals surface area contributed by atoms with Crippen molar-refractivity contribution in [3.63, 3.8) is 0 Å². The van der Waals surface area contributed by atoms with Gasteiger partial charge in [0, 0.05) is 22.6 Å². The minimum absolute atomic E-state index is 0.0886. The monoisotopic (exact) mass is 322 g/mol. The lowest BCUT2D eigenvalue weighted by Gasteiger charge is -2.05. The molecule has 0 aliphatic rings. The molecule has 0 aliphatic carbocycles. The van der Waals surface area contributed by atoms with Gasteiger partial charge in [-0.1, -0.05) is 17.7 Å². The van der Waals surface area contributed by atoms with Gasteiger partial charge in [-0.15, -0.1) is 0 Å². The Labute approximate surface area is 138 Å². The van der Waals surface area contributed by atoms with Gasteiger partial charge in [-0.25, -0.2) is 0 Å². The van der Waals surface area contributed by atoms with Crippen LogP contribution in [0.5, 0.6) is 0 Å². The zero-order chi connectivity index (χ0) is 16.7. The van der Waals surface area contributed by atoms with Crippen molar-refractivity contribution in [3.8, 4) is 12.1 Å². The third-order valence-electron chi connectivity index (χ3n) is 2.84. The topological polar surface area (TPSA) is 88.7 Å². The molecule has 0 aromatic heterocycles. The van der Waals surface area contributed by atoms with E-state index < -0.39 is 5.91 Å². The van der Waals surface area contributed by atoms with Gasteiger partial charge in [0.05, 0.1) is 11.6 Å². The van der Waals surface area contributed by atoms with Crippen molar-refractivity contribution in [1.82, 2.24) is 0 Å². The van der Waals surface area contributed by atoms with Crippen molar-refractivity contribution in [2.24, 2.45) is 0 Å². The van der Waals surface area contributed by atoms with E-state index in [9.17, 15) is 4.79 Å². The van der Waals surface area contributed by atoms with Gasteiger partial charge < -0.3 is 10.6 Å². The summed E-state index contributed by atoms with van der Waals surface area (Å²) in [4.78, 5) is 12.0. The first kappa shape index (κ1) is 16.1. The predicted molar refractivity (Wildman–Crippen MR) is 88.6 cm³/mol.